The Morgan fingerprint density at radius 3 is 2.78 bits per heavy atom. The number of thiazole rings is 1. The molecule has 2 aromatic carbocycles. The van der Waals surface area contributed by atoms with Crippen molar-refractivity contribution in [3.63, 3.8) is 0 Å². The molecule has 3 nitrogen and oxygen atoms in total. The molecule has 5 heteroatoms. The number of aromatic nitrogens is 1. The Bertz CT molecular complexity index is 739. The first-order valence-electron chi connectivity index (χ1n) is 5.22. The molecular formula is C13H8ClNO2S. The Morgan fingerprint density at radius 2 is 1.94 bits per heavy atom. The molecule has 0 spiro atoms. The van der Waals surface area contributed by atoms with E-state index in [0.717, 1.165) is 10.2 Å². The number of rotatable bonds is 1. The number of benzene rings is 2. The largest absolute Gasteiger partial charge is 0.504 e. The van der Waals surface area contributed by atoms with E-state index < -0.39 is 0 Å². The molecule has 1 heterocycles. The van der Waals surface area contributed by atoms with E-state index in [1.165, 1.54) is 17.4 Å². The molecule has 0 aliphatic heterocycles. The van der Waals surface area contributed by atoms with Crippen LogP contribution in [0.5, 0.6) is 11.5 Å². The molecule has 0 saturated carbocycles. The Balaban J connectivity index is 2.22. The molecule has 0 unspecified atom stereocenters. The van der Waals surface area contributed by atoms with E-state index in [1.54, 1.807) is 24.3 Å². The highest BCUT2D eigenvalue weighted by Gasteiger charge is 2.12. The highest BCUT2D eigenvalue weighted by molar-refractivity contribution is 7.21. The van der Waals surface area contributed by atoms with Crippen molar-refractivity contribution in [3.05, 3.63) is 41.4 Å². The number of halogens is 1. The molecule has 0 aliphatic rings. The van der Waals surface area contributed by atoms with Crippen molar-refractivity contribution in [1.82, 2.24) is 4.98 Å². The average Bonchev–Trinajstić information content (AvgIpc) is 2.75. The molecular weight excluding hydrogens is 270 g/mol. The average molecular weight is 278 g/mol. The summed E-state index contributed by atoms with van der Waals surface area (Å²) in [6.07, 6.45) is 0. The van der Waals surface area contributed by atoms with Crippen LogP contribution in [0, 0.1) is 0 Å². The summed E-state index contributed by atoms with van der Waals surface area (Å²) in [7, 11) is 0. The third-order valence-corrected chi connectivity index (χ3v) is 3.90. The topological polar surface area (TPSA) is 53.4 Å². The van der Waals surface area contributed by atoms with Gasteiger partial charge in [-0.2, -0.15) is 0 Å². The van der Waals surface area contributed by atoms with Gasteiger partial charge < -0.3 is 10.2 Å². The summed E-state index contributed by atoms with van der Waals surface area (Å²) in [6, 6.07) is 10.3. The van der Waals surface area contributed by atoms with Gasteiger partial charge in [-0.1, -0.05) is 17.7 Å². The number of fused-ring (bicyclic) bond motifs is 1. The molecule has 0 amide bonds. The van der Waals surface area contributed by atoms with Gasteiger partial charge in [-0.05, 0) is 30.3 Å². The smallest absolute Gasteiger partial charge is 0.167 e. The minimum atomic E-state index is -0.150. The number of para-hydroxylation sites is 1. The first-order chi connectivity index (χ1) is 8.65. The van der Waals surface area contributed by atoms with Crippen molar-refractivity contribution in [2.45, 2.75) is 0 Å². The standard InChI is InChI=1S/C13H8ClNO2S/c14-7-4-5-11-9(6-7)15-13(18-11)8-2-1-3-10(16)12(8)17/h1-6,16-17H. The Hall–Kier alpha value is -1.78. The summed E-state index contributed by atoms with van der Waals surface area (Å²) in [4.78, 5) is 4.41. The highest BCUT2D eigenvalue weighted by atomic mass is 35.5. The monoisotopic (exact) mass is 277 g/mol. The van der Waals surface area contributed by atoms with Gasteiger partial charge in [0.15, 0.2) is 11.5 Å². The van der Waals surface area contributed by atoms with Crippen molar-refractivity contribution in [2.75, 3.05) is 0 Å². The molecule has 0 bridgehead atoms. The number of phenols is 2. The third kappa shape index (κ3) is 1.79. The van der Waals surface area contributed by atoms with Crippen molar-refractivity contribution in [3.8, 4) is 22.1 Å². The first-order valence-corrected chi connectivity index (χ1v) is 6.42. The molecule has 0 radical (unpaired) electrons. The van der Waals surface area contributed by atoms with Crippen LogP contribution in [0.4, 0.5) is 0 Å². The van der Waals surface area contributed by atoms with Gasteiger partial charge in [-0.15, -0.1) is 11.3 Å². The molecule has 0 saturated heterocycles. The van der Waals surface area contributed by atoms with E-state index in [0.29, 0.717) is 15.6 Å². The fourth-order valence-corrected chi connectivity index (χ4v) is 2.86. The van der Waals surface area contributed by atoms with E-state index in [9.17, 15) is 10.2 Å². The van der Waals surface area contributed by atoms with Gasteiger partial charge in [0.25, 0.3) is 0 Å². The number of phenolic OH excluding ortho intramolecular Hbond substituents is 2. The Morgan fingerprint density at radius 1 is 1.11 bits per heavy atom. The van der Waals surface area contributed by atoms with Gasteiger partial charge in [0.05, 0.1) is 15.8 Å². The minimum Gasteiger partial charge on any atom is -0.504 e. The van der Waals surface area contributed by atoms with Crippen LogP contribution in [0.25, 0.3) is 20.8 Å². The van der Waals surface area contributed by atoms with Crippen LogP contribution in [-0.2, 0) is 0 Å². The quantitative estimate of drug-likeness (QED) is 0.660. The molecule has 18 heavy (non-hydrogen) atoms. The van der Waals surface area contributed by atoms with Crippen LogP contribution in [-0.4, -0.2) is 15.2 Å². The Kier molecular flexibility index (Phi) is 2.61. The van der Waals surface area contributed by atoms with Crippen molar-refractivity contribution < 1.29 is 10.2 Å². The number of aromatic hydroxyl groups is 2. The summed E-state index contributed by atoms with van der Waals surface area (Å²) in [5, 5.41) is 20.6. The fourth-order valence-electron chi connectivity index (χ4n) is 1.72. The van der Waals surface area contributed by atoms with Gasteiger partial charge in [0, 0.05) is 5.02 Å². The molecule has 90 valence electrons. The lowest BCUT2D eigenvalue weighted by Gasteiger charge is -2.01. The summed E-state index contributed by atoms with van der Waals surface area (Å²) < 4.78 is 0.983. The van der Waals surface area contributed by atoms with E-state index in [1.807, 2.05) is 6.07 Å². The number of nitrogens with zero attached hydrogens (tertiary/aromatic N) is 1. The maximum Gasteiger partial charge on any atom is 0.167 e. The summed E-state index contributed by atoms with van der Waals surface area (Å²) >= 11 is 7.35. The molecule has 0 fully saturated rings. The molecule has 2 N–H and O–H groups in total. The zero-order valence-electron chi connectivity index (χ0n) is 9.09. The second-order valence-electron chi connectivity index (χ2n) is 3.80. The number of hydrogen-bond donors (Lipinski definition) is 2. The van der Waals surface area contributed by atoms with Crippen LogP contribution < -0.4 is 0 Å². The van der Waals surface area contributed by atoms with Crippen molar-refractivity contribution >= 4 is 33.2 Å². The van der Waals surface area contributed by atoms with Crippen LogP contribution >= 0.6 is 22.9 Å². The van der Waals surface area contributed by atoms with Gasteiger partial charge in [0.2, 0.25) is 0 Å². The Labute approximate surface area is 112 Å². The summed E-state index contributed by atoms with van der Waals surface area (Å²) in [5.74, 6) is -0.299. The SMILES string of the molecule is Oc1cccc(-c2nc3cc(Cl)ccc3s2)c1O. The lowest BCUT2D eigenvalue weighted by molar-refractivity contribution is 0.405. The van der Waals surface area contributed by atoms with Crippen molar-refractivity contribution in [2.24, 2.45) is 0 Å². The lowest BCUT2D eigenvalue weighted by Crippen LogP contribution is -1.78. The van der Waals surface area contributed by atoms with E-state index >= 15 is 0 Å². The molecule has 3 aromatic rings. The van der Waals surface area contributed by atoms with Gasteiger partial charge in [0.1, 0.15) is 5.01 Å². The zero-order chi connectivity index (χ0) is 12.7. The van der Waals surface area contributed by atoms with Crippen LogP contribution in [0.3, 0.4) is 0 Å². The zero-order valence-corrected chi connectivity index (χ0v) is 10.7. The predicted octanol–water partition coefficient (Wildman–Crippen LogP) is 4.03. The van der Waals surface area contributed by atoms with Crippen LogP contribution in [0.1, 0.15) is 0 Å². The van der Waals surface area contributed by atoms with Gasteiger partial charge in [-0.3, -0.25) is 0 Å². The normalized spacial score (nSPS) is 10.9. The highest BCUT2D eigenvalue weighted by Crippen LogP contribution is 2.39. The van der Waals surface area contributed by atoms with Crippen LogP contribution in [0.15, 0.2) is 36.4 Å². The second-order valence-corrected chi connectivity index (χ2v) is 5.27. The first kappa shape index (κ1) is 11.3. The minimum absolute atomic E-state index is 0.148. The second kappa shape index (κ2) is 4.15. The van der Waals surface area contributed by atoms with Gasteiger partial charge in [-0.25, -0.2) is 4.98 Å². The molecule has 0 aliphatic carbocycles. The maximum atomic E-state index is 9.82. The lowest BCUT2D eigenvalue weighted by atomic mass is 10.2. The predicted molar refractivity (Wildman–Crippen MR) is 73.4 cm³/mol. The maximum absolute atomic E-state index is 9.82. The van der Waals surface area contributed by atoms with Crippen molar-refractivity contribution in [1.29, 1.82) is 0 Å². The van der Waals surface area contributed by atoms with Crippen LogP contribution in [0.2, 0.25) is 5.02 Å². The molecule has 3 rings (SSSR count). The molecule has 1 aromatic heterocycles. The summed E-state index contributed by atoms with van der Waals surface area (Å²) in [5.41, 5.74) is 1.30. The van der Waals surface area contributed by atoms with E-state index in [-0.39, 0.29) is 11.5 Å². The van der Waals surface area contributed by atoms with Gasteiger partial charge >= 0.3 is 0 Å². The fraction of sp³-hybridized carbons (Fsp3) is 0. The third-order valence-electron chi connectivity index (χ3n) is 2.59. The summed E-state index contributed by atoms with van der Waals surface area (Å²) in [6.45, 7) is 0. The van der Waals surface area contributed by atoms with E-state index in [2.05, 4.69) is 4.98 Å². The van der Waals surface area contributed by atoms with E-state index in [4.69, 9.17) is 11.6 Å². The number of hydrogen-bond acceptors (Lipinski definition) is 4. The molecule has 0 atom stereocenters.